The summed E-state index contributed by atoms with van der Waals surface area (Å²) in [5.74, 6) is 0.209. The van der Waals surface area contributed by atoms with Crippen LogP contribution in [-0.4, -0.2) is 40.6 Å². The molecule has 2 N–H and O–H groups in total. The number of halogens is 2. The zero-order valence-corrected chi connectivity index (χ0v) is 14.9. The van der Waals surface area contributed by atoms with Gasteiger partial charge in [-0.2, -0.15) is 11.8 Å². The van der Waals surface area contributed by atoms with E-state index in [1.807, 2.05) is 0 Å². The van der Waals surface area contributed by atoms with Crippen LogP contribution in [0.2, 0.25) is 0 Å². The number of rotatable bonds is 5. The van der Waals surface area contributed by atoms with Crippen molar-refractivity contribution in [1.29, 1.82) is 0 Å². The maximum atomic E-state index is 11.9. The van der Waals surface area contributed by atoms with Gasteiger partial charge in [0.15, 0.2) is 6.61 Å². The number of hydrogen-bond donors (Lipinski definition) is 2. The molecular formula is C13H13Br2NO4S. The molecule has 1 aliphatic heterocycles. The average molecular weight is 439 g/mol. The van der Waals surface area contributed by atoms with E-state index in [2.05, 4.69) is 37.2 Å². The van der Waals surface area contributed by atoms with Gasteiger partial charge < -0.3 is 15.2 Å². The van der Waals surface area contributed by atoms with Crippen LogP contribution in [0.3, 0.4) is 0 Å². The molecule has 8 heteroatoms. The predicted molar refractivity (Wildman–Crippen MR) is 87.8 cm³/mol. The first-order valence-electron chi connectivity index (χ1n) is 6.13. The van der Waals surface area contributed by atoms with E-state index in [9.17, 15) is 14.7 Å². The van der Waals surface area contributed by atoms with Crippen molar-refractivity contribution in [1.82, 2.24) is 5.32 Å². The Morgan fingerprint density at radius 2 is 2.19 bits per heavy atom. The van der Waals surface area contributed by atoms with E-state index < -0.39 is 17.4 Å². The molecule has 114 valence electrons. The Hall–Kier alpha value is -0.730. The molecule has 0 aromatic heterocycles. The molecule has 1 heterocycles. The number of ether oxygens (including phenoxy) is 1. The Morgan fingerprint density at radius 1 is 1.43 bits per heavy atom. The molecule has 1 unspecified atom stereocenters. The molecule has 1 fully saturated rings. The standard InChI is InChI=1S/C13H13Br2NO4S/c14-8-1-2-10(9(15)5-8)20-6-11(17)16-13(12(18)19)3-4-21-7-13/h1-2,5H,3-4,6-7H2,(H,16,17)(H,18,19). The van der Waals surface area contributed by atoms with Gasteiger partial charge in [0.25, 0.3) is 5.91 Å². The van der Waals surface area contributed by atoms with Gasteiger partial charge >= 0.3 is 5.97 Å². The summed E-state index contributed by atoms with van der Waals surface area (Å²) in [5.41, 5.74) is -1.16. The van der Waals surface area contributed by atoms with Gasteiger partial charge in [-0.3, -0.25) is 4.79 Å². The van der Waals surface area contributed by atoms with Gasteiger partial charge in [0, 0.05) is 10.2 Å². The van der Waals surface area contributed by atoms with E-state index in [0.717, 1.165) is 10.2 Å². The van der Waals surface area contributed by atoms with Crippen molar-refractivity contribution in [3.8, 4) is 5.75 Å². The molecule has 0 spiro atoms. The summed E-state index contributed by atoms with van der Waals surface area (Å²) in [5, 5.41) is 11.9. The zero-order chi connectivity index (χ0) is 15.5. The fourth-order valence-corrected chi connectivity index (χ4v) is 4.41. The highest BCUT2D eigenvalue weighted by atomic mass is 79.9. The van der Waals surface area contributed by atoms with E-state index in [4.69, 9.17) is 4.74 Å². The van der Waals surface area contributed by atoms with E-state index >= 15 is 0 Å². The highest BCUT2D eigenvalue weighted by Crippen LogP contribution is 2.29. The molecule has 5 nitrogen and oxygen atoms in total. The first kappa shape index (κ1) is 16.6. The fourth-order valence-electron chi connectivity index (χ4n) is 1.92. The number of carboxylic acids is 1. The summed E-state index contributed by atoms with van der Waals surface area (Å²) in [6.45, 7) is -0.222. The summed E-state index contributed by atoms with van der Waals surface area (Å²) in [6, 6.07) is 5.32. The molecule has 0 saturated carbocycles. The lowest BCUT2D eigenvalue weighted by atomic mass is 9.99. The summed E-state index contributed by atoms with van der Waals surface area (Å²) < 4.78 is 7.01. The number of carboxylic acid groups (broad SMARTS) is 1. The van der Waals surface area contributed by atoms with Crippen LogP contribution in [0, 0.1) is 0 Å². The Kier molecular flexibility index (Phi) is 5.56. The topological polar surface area (TPSA) is 75.6 Å². The molecule has 0 radical (unpaired) electrons. The highest BCUT2D eigenvalue weighted by Gasteiger charge is 2.43. The van der Waals surface area contributed by atoms with Gasteiger partial charge in [0.05, 0.1) is 4.47 Å². The van der Waals surface area contributed by atoms with Gasteiger partial charge in [-0.1, -0.05) is 15.9 Å². The Balaban J connectivity index is 1.94. The third-order valence-electron chi connectivity index (χ3n) is 3.06. The number of thioether (sulfide) groups is 1. The van der Waals surface area contributed by atoms with Crippen LogP contribution in [0.25, 0.3) is 0 Å². The second-order valence-electron chi connectivity index (χ2n) is 4.60. The maximum Gasteiger partial charge on any atom is 0.330 e. The highest BCUT2D eigenvalue weighted by molar-refractivity contribution is 9.11. The van der Waals surface area contributed by atoms with Crippen molar-refractivity contribution in [3.63, 3.8) is 0 Å². The smallest absolute Gasteiger partial charge is 0.330 e. The molecule has 21 heavy (non-hydrogen) atoms. The summed E-state index contributed by atoms with van der Waals surface area (Å²) in [6.07, 6.45) is 0.431. The van der Waals surface area contributed by atoms with Crippen LogP contribution >= 0.6 is 43.6 Å². The predicted octanol–water partition coefficient (Wildman–Crippen LogP) is 2.67. The van der Waals surface area contributed by atoms with Gasteiger partial charge in [-0.15, -0.1) is 0 Å². The van der Waals surface area contributed by atoms with E-state index in [1.165, 1.54) is 11.8 Å². The minimum absolute atomic E-state index is 0.222. The molecule has 2 rings (SSSR count). The molecule has 0 bridgehead atoms. The number of benzene rings is 1. The Morgan fingerprint density at radius 3 is 2.76 bits per heavy atom. The lowest BCUT2D eigenvalue weighted by Gasteiger charge is -2.24. The summed E-state index contributed by atoms with van der Waals surface area (Å²) in [7, 11) is 0. The SMILES string of the molecule is O=C(COc1ccc(Br)cc1Br)NC1(C(=O)O)CCSC1. The van der Waals surface area contributed by atoms with Crippen molar-refractivity contribution < 1.29 is 19.4 Å². The van der Waals surface area contributed by atoms with E-state index in [1.54, 1.807) is 18.2 Å². The number of amides is 1. The fraction of sp³-hybridized carbons (Fsp3) is 0.385. The third kappa shape index (κ3) is 4.14. The lowest BCUT2D eigenvalue weighted by molar-refractivity contribution is -0.146. The van der Waals surface area contributed by atoms with Crippen LogP contribution in [0.1, 0.15) is 6.42 Å². The Bertz CT molecular complexity index is 561. The van der Waals surface area contributed by atoms with Crippen LogP contribution in [0.15, 0.2) is 27.1 Å². The van der Waals surface area contributed by atoms with Gasteiger partial charge in [-0.05, 0) is 46.3 Å². The van der Waals surface area contributed by atoms with E-state index in [-0.39, 0.29) is 6.61 Å². The van der Waals surface area contributed by atoms with Crippen molar-refractivity contribution in [2.45, 2.75) is 12.0 Å². The van der Waals surface area contributed by atoms with Crippen LogP contribution in [0.4, 0.5) is 0 Å². The minimum Gasteiger partial charge on any atom is -0.483 e. The summed E-state index contributed by atoms with van der Waals surface area (Å²) >= 11 is 8.18. The Labute approximate surface area is 143 Å². The lowest BCUT2D eigenvalue weighted by Crippen LogP contribution is -2.55. The van der Waals surface area contributed by atoms with Crippen molar-refractivity contribution in [2.24, 2.45) is 0 Å². The number of carbonyl (C=O) groups is 2. The van der Waals surface area contributed by atoms with Crippen LogP contribution < -0.4 is 10.1 Å². The molecule has 1 saturated heterocycles. The number of aliphatic carboxylic acids is 1. The second-order valence-corrected chi connectivity index (χ2v) is 7.48. The third-order valence-corrected chi connectivity index (χ3v) is 5.37. The van der Waals surface area contributed by atoms with Crippen molar-refractivity contribution in [3.05, 3.63) is 27.1 Å². The normalized spacial score (nSPS) is 21.0. The molecule has 1 atom stereocenters. The molecule has 1 aromatic carbocycles. The monoisotopic (exact) mass is 437 g/mol. The van der Waals surface area contributed by atoms with Crippen LogP contribution in [-0.2, 0) is 9.59 Å². The van der Waals surface area contributed by atoms with Gasteiger partial charge in [0.1, 0.15) is 11.3 Å². The van der Waals surface area contributed by atoms with Gasteiger partial charge in [-0.25, -0.2) is 4.79 Å². The molecule has 1 aliphatic rings. The largest absolute Gasteiger partial charge is 0.483 e. The zero-order valence-electron chi connectivity index (χ0n) is 10.9. The van der Waals surface area contributed by atoms with Gasteiger partial charge in [0.2, 0.25) is 0 Å². The quantitative estimate of drug-likeness (QED) is 0.739. The molecule has 1 aromatic rings. The second kappa shape index (κ2) is 7.02. The maximum absolute atomic E-state index is 11.9. The number of hydrogen-bond acceptors (Lipinski definition) is 4. The first-order valence-corrected chi connectivity index (χ1v) is 8.87. The molecule has 1 amide bonds. The number of nitrogens with one attached hydrogen (secondary N) is 1. The average Bonchev–Trinajstić information content (AvgIpc) is 2.87. The molecular weight excluding hydrogens is 426 g/mol. The van der Waals surface area contributed by atoms with Crippen molar-refractivity contribution >= 4 is 55.5 Å². The van der Waals surface area contributed by atoms with E-state index in [0.29, 0.717) is 22.4 Å². The van der Waals surface area contributed by atoms with Crippen molar-refractivity contribution in [2.75, 3.05) is 18.1 Å². The number of carbonyl (C=O) groups excluding carboxylic acids is 1. The summed E-state index contributed by atoms with van der Waals surface area (Å²) in [4.78, 5) is 23.3. The molecule has 0 aliphatic carbocycles. The first-order chi connectivity index (χ1) is 9.93. The minimum atomic E-state index is -1.16. The van der Waals surface area contributed by atoms with Crippen LogP contribution in [0.5, 0.6) is 5.75 Å².